The number of H-pyrrole nitrogens is 1. The van der Waals surface area contributed by atoms with Crippen molar-refractivity contribution in [3.8, 4) is 5.75 Å². The lowest BCUT2D eigenvalue weighted by molar-refractivity contribution is -0.114. The van der Waals surface area contributed by atoms with Gasteiger partial charge in [0.15, 0.2) is 11.6 Å². The highest BCUT2D eigenvalue weighted by Gasteiger charge is 2.32. The zero-order valence-corrected chi connectivity index (χ0v) is 17.8. The standard InChI is InChI=1S/C24H25FN4O3/c1-16(30)26-18-10-8-17(9-11-18)24(31)29-13-4-6-22(29)21-15-19(27-28-21)12-14-32-23-7-3-2-5-20(23)25/h2-3,5,7-11,15,22H,4,6,12-14H2,1H3,(H,26,30)(H,27,28)/t22-/m0/s1. The van der Waals surface area contributed by atoms with Crippen LogP contribution in [0.2, 0.25) is 0 Å². The van der Waals surface area contributed by atoms with Gasteiger partial charge in [-0.05, 0) is 55.3 Å². The number of rotatable bonds is 7. The normalized spacial score (nSPS) is 15.6. The van der Waals surface area contributed by atoms with Crippen LogP contribution in [0.25, 0.3) is 0 Å². The van der Waals surface area contributed by atoms with Crippen molar-refractivity contribution >= 4 is 17.5 Å². The van der Waals surface area contributed by atoms with Gasteiger partial charge in [-0.1, -0.05) is 12.1 Å². The van der Waals surface area contributed by atoms with E-state index in [1.165, 1.54) is 13.0 Å². The summed E-state index contributed by atoms with van der Waals surface area (Å²) in [4.78, 5) is 26.1. The molecule has 32 heavy (non-hydrogen) atoms. The molecule has 3 aromatic rings. The topological polar surface area (TPSA) is 87.3 Å². The maximum atomic E-state index is 13.7. The van der Waals surface area contributed by atoms with Gasteiger partial charge in [0.25, 0.3) is 5.91 Å². The fraction of sp³-hybridized carbons (Fsp3) is 0.292. The van der Waals surface area contributed by atoms with Gasteiger partial charge in [0.2, 0.25) is 5.91 Å². The summed E-state index contributed by atoms with van der Waals surface area (Å²) in [5, 5.41) is 10.1. The van der Waals surface area contributed by atoms with Gasteiger partial charge in [0.1, 0.15) is 0 Å². The van der Waals surface area contributed by atoms with Crippen molar-refractivity contribution in [2.45, 2.75) is 32.2 Å². The van der Waals surface area contributed by atoms with Crippen molar-refractivity contribution in [1.29, 1.82) is 0 Å². The lowest BCUT2D eigenvalue weighted by Gasteiger charge is -2.23. The van der Waals surface area contributed by atoms with E-state index in [1.807, 2.05) is 11.0 Å². The lowest BCUT2D eigenvalue weighted by Crippen LogP contribution is -2.30. The highest BCUT2D eigenvalue weighted by atomic mass is 19.1. The Morgan fingerprint density at radius 1 is 1.22 bits per heavy atom. The summed E-state index contributed by atoms with van der Waals surface area (Å²) < 4.78 is 19.2. The average molecular weight is 436 g/mol. The molecule has 1 atom stereocenters. The SMILES string of the molecule is CC(=O)Nc1ccc(C(=O)N2CCC[C@H]2c2cc(CCOc3ccccc3F)[nH]n2)cc1. The second-order valence-corrected chi connectivity index (χ2v) is 7.76. The molecule has 0 spiro atoms. The van der Waals surface area contributed by atoms with Crippen molar-refractivity contribution in [1.82, 2.24) is 15.1 Å². The van der Waals surface area contributed by atoms with Crippen LogP contribution in [0.15, 0.2) is 54.6 Å². The Bertz CT molecular complexity index is 1100. The number of aromatic nitrogens is 2. The minimum Gasteiger partial charge on any atom is -0.490 e. The largest absolute Gasteiger partial charge is 0.490 e. The monoisotopic (exact) mass is 436 g/mol. The maximum absolute atomic E-state index is 13.7. The highest BCUT2D eigenvalue weighted by Crippen LogP contribution is 2.32. The molecule has 2 N–H and O–H groups in total. The molecule has 0 unspecified atom stereocenters. The first-order chi connectivity index (χ1) is 15.5. The Hall–Kier alpha value is -3.68. The van der Waals surface area contributed by atoms with E-state index >= 15 is 0 Å². The molecular weight excluding hydrogens is 411 g/mol. The number of aromatic amines is 1. The molecule has 2 heterocycles. The van der Waals surface area contributed by atoms with Gasteiger partial charge in [0.05, 0.1) is 18.3 Å². The number of anilines is 1. The van der Waals surface area contributed by atoms with Crippen molar-refractivity contribution in [3.63, 3.8) is 0 Å². The number of carbonyl (C=O) groups excluding carboxylic acids is 2. The molecule has 1 aromatic heterocycles. The molecule has 1 saturated heterocycles. The maximum Gasteiger partial charge on any atom is 0.254 e. The lowest BCUT2D eigenvalue weighted by atomic mass is 10.1. The summed E-state index contributed by atoms with van der Waals surface area (Å²) >= 11 is 0. The molecule has 1 fully saturated rings. The van der Waals surface area contributed by atoms with Crippen molar-refractivity contribution < 1.29 is 18.7 Å². The number of amides is 2. The number of nitrogens with zero attached hydrogens (tertiary/aromatic N) is 2. The van der Waals surface area contributed by atoms with Gasteiger partial charge in [0, 0.05) is 36.8 Å². The van der Waals surface area contributed by atoms with Gasteiger partial charge < -0.3 is 15.0 Å². The third-order valence-electron chi connectivity index (χ3n) is 5.42. The second-order valence-electron chi connectivity index (χ2n) is 7.76. The Kier molecular flexibility index (Phi) is 6.49. The number of benzene rings is 2. The van der Waals surface area contributed by atoms with Gasteiger partial charge in [-0.15, -0.1) is 0 Å². The van der Waals surface area contributed by atoms with E-state index in [1.54, 1.807) is 42.5 Å². The number of halogens is 1. The fourth-order valence-corrected chi connectivity index (χ4v) is 3.89. The van der Waals surface area contributed by atoms with Crippen molar-refractivity contribution in [2.24, 2.45) is 0 Å². The molecule has 1 aliphatic rings. The molecular formula is C24H25FN4O3. The minimum atomic E-state index is -0.386. The van der Waals surface area contributed by atoms with E-state index in [2.05, 4.69) is 15.5 Å². The molecule has 166 valence electrons. The number of carbonyl (C=O) groups is 2. The Balaban J connectivity index is 1.38. The van der Waals surface area contributed by atoms with Gasteiger partial charge in [-0.25, -0.2) is 4.39 Å². The van der Waals surface area contributed by atoms with E-state index < -0.39 is 0 Å². The first-order valence-electron chi connectivity index (χ1n) is 10.6. The highest BCUT2D eigenvalue weighted by molar-refractivity contribution is 5.95. The van der Waals surface area contributed by atoms with Gasteiger partial charge in [-0.3, -0.25) is 14.7 Å². The molecule has 2 amide bonds. The molecule has 0 bridgehead atoms. The van der Waals surface area contributed by atoms with Crippen LogP contribution in [0.4, 0.5) is 10.1 Å². The van der Waals surface area contributed by atoms with Crippen molar-refractivity contribution in [2.75, 3.05) is 18.5 Å². The molecule has 0 radical (unpaired) electrons. The Labute approximate surface area is 185 Å². The summed E-state index contributed by atoms with van der Waals surface area (Å²) in [6.45, 7) is 2.42. The van der Waals surface area contributed by atoms with E-state index in [4.69, 9.17) is 4.74 Å². The zero-order valence-electron chi connectivity index (χ0n) is 17.8. The van der Waals surface area contributed by atoms with E-state index in [-0.39, 0.29) is 29.4 Å². The molecule has 7 nitrogen and oxygen atoms in total. The van der Waals surface area contributed by atoms with Crippen molar-refractivity contribution in [3.05, 3.63) is 77.4 Å². The Morgan fingerprint density at radius 3 is 2.75 bits per heavy atom. The van der Waals surface area contributed by atoms with Crippen LogP contribution in [0, 0.1) is 5.82 Å². The van der Waals surface area contributed by atoms with E-state index in [0.717, 1.165) is 24.2 Å². The first-order valence-corrected chi connectivity index (χ1v) is 10.6. The summed E-state index contributed by atoms with van der Waals surface area (Å²) in [7, 11) is 0. The average Bonchev–Trinajstić information content (AvgIpc) is 3.44. The van der Waals surface area contributed by atoms with Crippen LogP contribution in [-0.4, -0.2) is 40.1 Å². The number of hydrogen-bond acceptors (Lipinski definition) is 4. The van der Waals surface area contributed by atoms with E-state index in [0.29, 0.717) is 30.8 Å². The second kappa shape index (κ2) is 9.64. The molecule has 0 aliphatic carbocycles. The minimum absolute atomic E-state index is 0.0608. The first kappa shape index (κ1) is 21.5. The van der Waals surface area contributed by atoms with Crippen LogP contribution in [0.3, 0.4) is 0 Å². The third kappa shape index (κ3) is 4.96. The number of nitrogens with one attached hydrogen (secondary N) is 2. The summed E-state index contributed by atoms with van der Waals surface area (Å²) in [5.41, 5.74) is 2.91. The predicted octanol–water partition coefficient (Wildman–Crippen LogP) is 4.11. The number of hydrogen-bond donors (Lipinski definition) is 2. The Morgan fingerprint density at radius 2 is 2.00 bits per heavy atom. The number of ether oxygens (including phenoxy) is 1. The zero-order chi connectivity index (χ0) is 22.5. The predicted molar refractivity (Wildman–Crippen MR) is 118 cm³/mol. The summed E-state index contributed by atoms with van der Waals surface area (Å²) in [6.07, 6.45) is 2.29. The molecule has 8 heteroatoms. The van der Waals surface area contributed by atoms with Crippen LogP contribution in [0.1, 0.15) is 47.6 Å². The summed E-state index contributed by atoms with van der Waals surface area (Å²) in [6, 6.07) is 15.0. The van der Waals surface area contributed by atoms with Crippen LogP contribution in [-0.2, 0) is 11.2 Å². The number of likely N-dealkylation sites (tertiary alicyclic amines) is 1. The third-order valence-corrected chi connectivity index (χ3v) is 5.42. The quantitative estimate of drug-likeness (QED) is 0.584. The van der Waals surface area contributed by atoms with Gasteiger partial charge in [-0.2, -0.15) is 5.10 Å². The van der Waals surface area contributed by atoms with E-state index in [9.17, 15) is 14.0 Å². The molecule has 2 aromatic carbocycles. The van der Waals surface area contributed by atoms with Crippen LogP contribution < -0.4 is 10.1 Å². The summed E-state index contributed by atoms with van der Waals surface area (Å²) in [5.74, 6) is -0.376. The van der Waals surface area contributed by atoms with Crippen LogP contribution in [0.5, 0.6) is 5.75 Å². The smallest absolute Gasteiger partial charge is 0.254 e. The molecule has 0 saturated carbocycles. The molecule has 1 aliphatic heterocycles. The van der Waals surface area contributed by atoms with Crippen LogP contribution >= 0.6 is 0 Å². The van der Waals surface area contributed by atoms with Gasteiger partial charge >= 0.3 is 0 Å². The molecule has 4 rings (SSSR count). The fourth-order valence-electron chi connectivity index (χ4n) is 3.89. The number of para-hydroxylation sites is 1.